The SMILES string of the molecule is CCC(C)OP(=O)(O)C(=O)C(=O)N(C)C. The molecule has 88 valence electrons. The number of amides is 1. The van der Waals surface area contributed by atoms with Gasteiger partial charge in [0.05, 0.1) is 6.10 Å². The van der Waals surface area contributed by atoms with Crippen LogP contribution >= 0.6 is 7.60 Å². The van der Waals surface area contributed by atoms with Gasteiger partial charge in [-0.3, -0.25) is 18.7 Å². The van der Waals surface area contributed by atoms with E-state index in [2.05, 4.69) is 4.52 Å². The van der Waals surface area contributed by atoms with Crippen molar-refractivity contribution < 1.29 is 23.6 Å². The molecule has 0 aliphatic carbocycles. The minimum atomic E-state index is -4.50. The molecule has 2 atom stereocenters. The highest BCUT2D eigenvalue weighted by Gasteiger charge is 2.38. The largest absolute Gasteiger partial charge is 0.404 e. The van der Waals surface area contributed by atoms with Crippen LogP contribution in [-0.4, -0.2) is 41.4 Å². The molecule has 0 aromatic rings. The van der Waals surface area contributed by atoms with E-state index in [-0.39, 0.29) is 0 Å². The van der Waals surface area contributed by atoms with Crippen LogP contribution in [0.15, 0.2) is 0 Å². The summed E-state index contributed by atoms with van der Waals surface area (Å²) in [5.41, 5.74) is -1.40. The fourth-order valence-electron chi connectivity index (χ4n) is 0.678. The smallest absolute Gasteiger partial charge is 0.342 e. The lowest BCUT2D eigenvalue weighted by Crippen LogP contribution is -2.30. The highest BCUT2D eigenvalue weighted by atomic mass is 31.2. The first-order valence-electron chi connectivity index (χ1n) is 4.49. The number of nitrogens with zero attached hydrogens (tertiary/aromatic N) is 1. The summed E-state index contributed by atoms with van der Waals surface area (Å²) in [6, 6.07) is 0. The van der Waals surface area contributed by atoms with E-state index in [1.165, 1.54) is 14.1 Å². The van der Waals surface area contributed by atoms with Crippen LogP contribution in [0.2, 0.25) is 0 Å². The molecule has 0 radical (unpaired) electrons. The number of rotatable bonds is 5. The molecular formula is C8H16NO5P. The maximum absolute atomic E-state index is 11.4. The summed E-state index contributed by atoms with van der Waals surface area (Å²) in [7, 11) is -1.85. The van der Waals surface area contributed by atoms with E-state index in [1.807, 2.05) is 0 Å². The Balaban J connectivity index is 4.67. The molecule has 0 rings (SSSR count). The molecule has 0 aliphatic heterocycles. The minimum Gasteiger partial charge on any atom is -0.342 e. The third-order valence-electron chi connectivity index (χ3n) is 1.74. The van der Waals surface area contributed by atoms with E-state index in [4.69, 9.17) is 0 Å². The molecule has 0 saturated carbocycles. The van der Waals surface area contributed by atoms with Crippen LogP contribution < -0.4 is 0 Å². The number of carbonyl (C=O) groups excluding carboxylic acids is 2. The van der Waals surface area contributed by atoms with Gasteiger partial charge in [-0.05, 0) is 13.3 Å². The van der Waals surface area contributed by atoms with Gasteiger partial charge < -0.3 is 9.79 Å². The molecule has 1 amide bonds. The van der Waals surface area contributed by atoms with E-state index in [9.17, 15) is 19.0 Å². The van der Waals surface area contributed by atoms with E-state index in [0.717, 1.165) is 4.90 Å². The molecule has 15 heavy (non-hydrogen) atoms. The quantitative estimate of drug-likeness (QED) is 0.559. The summed E-state index contributed by atoms with van der Waals surface area (Å²) in [5, 5.41) is 0. The predicted octanol–water partition coefficient (Wildman–Crippen LogP) is 0.602. The van der Waals surface area contributed by atoms with Crippen molar-refractivity contribution in [3.05, 3.63) is 0 Å². The summed E-state index contributed by atoms with van der Waals surface area (Å²) in [6.45, 7) is 3.29. The second-order valence-electron chi connectivity index (χ2n) is 3.35. The van der Waals surface area contributed by atoms with Crippen molar-refractivity contribution in [1.82, 2.24) is 4.90 Å². The standard InChI is InChI=1S/C8H16NO5P/c1-5-6(2)14-15(12,13)8(11)7(10)9(3)4/h6H,5H2,1-4H3,(H,12,13). The Hall–Kier alpha value is -0.710. The molecule has 0 aliphatic rings. The summed E-state index contributed by atoms with van der Waals surface area (Å²) < 4.78 is 16.0. The lowest BCUT2D eigenvalue weighted by atomic mass is 10.3. The summed E-state index contributed by atoms with van der Waals surface area (Å²) >= 11 is 0. The van der Waals surface area contributed by atoms with E-state index >= 15 is 0 Å². The minimum absolute atomic E-state index is 0.480. The van der Waals surface area contributed by atoms with Gasteiger partial charge in [0.15, 0.2) is 0 Å². The third kappa shape index (κ3) is 4.11. The Morgan fingerprint density at radius 1 is 1.47 bits per heavy atom. The molecule has 0 aromatic carbocycles. The van der Waals surface area contributed by atoms with Gasteiger partial charge >= 0.3 is 19.0 Å². The first-order chi connectivity index (χ1) is 6.72. The van der Waals surface area contributed by atoms with Crippen molar-refractivity contribution >= 4 is 19.0 Å². The molecule has 2 unspecified atom stereocenters. The maximum Gasteiger partial charge on any atom is 0.404 e. The normalized spacial score (nSPS) is 16.6. The first kappa shape index (κ1) is 14.3. The average Bonchev–Trinajstić information content (AvgIpc) is 2.14. The van der Waals surface area contributed by atoms with Crippen LogP contribution in [0.4, 0.5) is 0 Å². The second kappa shape index (κ2) is 5.39. The van der Waals surface area contributed by atoms with Crippen molar-refractivity contribution in [2.75, 3.05) is 14.1 Å². The Labute approximate surface area is 88.7 Å². The molecule has 0 aromatic heterocycles. The van der Waals surface area contributed by atoms with Gasteiger partial charge in [-0.25, -0.2) is 0 Å². The van der Waals surface area contributed by atoms with E-state index < -0.39 is 25.1 Å². The summed E-state index contributed by atoms with van der Waals surface area (Å²) in [4.78, 5) is 32.5. The molecule has 6 nitrogen and oxygen atoms in total. The first-order valence-corrected chi connectivity index (χ1v) is 6.07. The second-order valence-corrected chi connectivity index (χ2v) is 5.01. The van der Waals surface area contributed by atoms with Gasteiger partial charge in [0.25, 0.3) is 0 Å². The van der Waals surface area contributed by atoms with Crippen LogP contribution in [0.1, 0.15) is 20.3 Å². The number of likely N-dealkylation sites (N-methyl/N-ethyl adjacent to an activating group) is 1. The Morgan fingerprint density at radius 2 is 1.93 bits per heavy atom. The van der Waals surface area contributed by atoms with Crippen molar-refractivity contribution in [1.29, 1.82) is 0 Å². The molecule has 0 saturated heterocycles. The molecule has 1 N–H and O–H groups in total. The monoisotopic (exact) mass is 237 g/mol. The summed E-state index contributed by atoms with van der Waals surface area (Å²) in [6.07, 6.45) is -0.0618. The van der Waals surface area contributed by atoms with Crippen molar-refractivity contribution in [3.8, 4) is 0 Å². The van der Waals surface area contributed by atoms with Gasteiger partial charge in [0, 0.05) is 14.1 Å². The molecule has 0 heterocycles. The van der Waals surface area contributed by atoms with Crippen LogP contribution in [0, 0.1) is 0 Å². The van der Waals surface area contributed by atoms with E-state index in [0.29, 0.717) is 6.42 Å². The van der Waals surface area contributed by atoms with E-state index in [1.54, 1.807) is 13.8 Å². The zero-order valence-electron chi connectivity index (χ0n) is 9.26. The fourth-order valence-corrected chi connectivity index (χ4v) is 1.85. The van der Waals surface area contributed by atoms with Crippen molar-refractivity contribution in [2.45, 2.75) is 26.4 Å². The highest BCUT2D eigenvalue weighted by molar-refractivity contribution is 7.74. The molecule has 0 spiro atoms. The zero-order valence-corrected chi connectivity index (χ0v) is 10.2. The molecular weight excluding hydrogens is 221 g/mol. The van der Waals surface area contributed by atoms with Gasteiger partial charge in [0.2, 0.25) is 0 Å². The Bertz CT molecular complexity index is 301. The summed E-state index contributed by atoms with van der Waals surface area (Å²) in [5.74, 6) is -1.04. The zero-order chi connectivity index (χ0) is 12.2. The van der Waals surface area contributed by atoms with Gasteiger partial charge in [0.1, 0.15) is 0 Å². The van der Waals surface area contributed by atoms with Crippen LogP contribution in [0.25, 0.3) is 0 Å². The van der Waals surface area contributed by atoms with Gasteiger partial charge in [-0.15, -0.1) is 0 Å². The maximum atomic E-state index is 11.4. The molecule has 0 fully saturated rings. The number of carbonyl (C=O) groups is 2. The lowest BCUT2D eigenvalue weighted by molar-refractivity contribution is -0.139. The fraction of sp³-hybridized carbons (Fsp3) is 0.750. The van der Waals surface area contributed by atoms with Crippen molar-refractivity contribution in [2.24, 2.45) is 0 Å². The number of hydrogen-bond acceptors (Lipinski definition) is 4. The van der Waals surface area contributed by atoms with Crippen LogP contribution in [0.3, 0.4) is 0 Å². The van der Waals surface area contributed by atoms with Gasteiger partial charge in [-0.1, -0.05) is 6.92 Å². The average molecular weight is 237 g/mol. The topological polar surface area (TPSA) is 83.9 Å². The predicted molar refractivity (Wildman–Crippen MR) is 54.4 cm³/mol. The molecule has 7 heteroatoms. The molecule has 0 bridgehead atoms. The van der Waals surface area contributed by atoms with Crippen LogP contribution in [-0.2, 0) is 18.7 Å². The van der Waals surface area contributed by atoms with Crippen molar-refractivity contribution in [3.63, 3.8) is 0 Å². The Kier molecular flexibility index (Phi) is 5.14. The Morgan fingerprint density at radius 3 is 2.27 bits per heavy atom. The number of hydrogen-bond donors (Lipinski definition) is 1. The third-order valence-corrected chi connectivity index (χ3v) is 3.09. The lowest BCUT2D eigenvalue weighted by Gasteiger charge is -2.16. The van der Waals surface area contributed by atoms with Gasteiger partial charge in [-0.2, -0.15) is 0 Å². The van der Waals surface area contributed by atoms with Crippen LogP contribution in [0.5, 0.6) is 0 Å². The highest BCUT2D eigenvalue weighted by Crippen LogP contribution is 2.44.